The second-order valence-electron chi connectivity index (χ2n) is 7.47. The van der Waals surface area contributed by atoms with Crippen LogP contribution in [0.25, 0.3) is 0 Å². The van der Waals surface area contributed by atoms with E-state index in [9.17, 15) is 13.2 Å². The van der Waals surface area contributed by atoms with Gasteiger partial charge in [-0.2, -0.15) is 5.10 Å². The van der Waals surface area contributed by atoms with Crippen LogP contribution in [0.1, 0.15) is 12.5 Å². The Hall–Kier alpha value is -3.76. The number of benzene rings is 3. The van der Waals surface area contributed by atoms with Gasteiger partial charge in [0.1, 0.15) is 12.3 Å². The topological polar surface area (TPSA) is 107 Å². The summed E-state index contributed by atoms with van der Waals surface area (Å²) in [5, 5.41) is 4.45. The molecule has 0 aliphatic heterocycles. The van der Waals surface area contributed by atoms with Crippen LogP contribution >= 0.6 is 11.6 Å². The molecule has 0 heterocycles. The Labute approximate surface area is 215 Å². The average molecular weight is 532 g/mol. The highest BCUT2D eigenvalue weighted by molar-refractivity contribution is 7.92. The second kappa shape index (κ2) is 11.8. The number of carbonyl (C=O) groups is 1. The van der Waals surface area contributed by atoms with Crippen LogP contribution in [0.4, 0.5) is 5.69 Å². The number of methoxy groups -OCH3 is 3. The normalized spacial score (nSPS) is 11.5. The van der Waals surface area contributed by atoms with E-state index in [0.717, 1.165) is 4.31 Å². The van der Waals surface area contributed by atoms with Gasteiger partial charge in [0, 0.05) is 10.6 Å². The minimum Gasteiger partial charge on any atom is -0.497 e. The molecule has 36 heavy (non-hydrogen) atoms. The average Bonchev–Trinajstić information content (AvgIpc) is 2.89. The Morgan fingerprint density at radius 1 is 0.944 bits per heavy atom. The summed E-state index contributed by atoms with van der Waals surface area (Å²) in [4.78, 5) is 12.8. The number of amides is 1. The predicted molar refractivity (Wildman–Crippen MR) is 139 cm³/mol. The first-order valence-electron chi connectivity index (χ1n) is 10.7. The molecule has 0 atom stereocenters. The van der Waals surface area contributed by atoms with Gasteiger partial charge in [0.2, 0.25) is 0 Å². The molecule has 0 unspecified atom stereocenters. The quantitative estimate of drug-likeness (QED) is 0.312. The second-order valence-corrected chi connectivity index (χ2v) is 9.77. The lowest BCUT2D eigenvalue weighted by Crippen LogP contribution is -2.39. The molecule has 9 nitrogen and oxygen atoms in total. The van der Waals surface area contributed by atoms with E-state index >= 15 is 0 Å². The van der Waals surface area contributed by atoms with Crippen molar-refractivity contribution in [2.75, 3.05) is 32.2 Å². The van der Waals surface area contributed by atoms with Crippen LogP contribution in [0.2, 0.25) is 5.02 Å². The fraction of sp³-hybridized carbons (Fsp3) is 0.200. The third kappa shape index (κ3) is 6.27. The molecule has 190 valence electrons. The van der Waals surface area contributed by atoms with Crippen molar-refractivity contribution in [3.63, 3.8) is 0 Å². The van der Waals surface area contributed by atoms with E-state index in [4.69, 9.17) is 25.8 Å². The Morgan fingerprint density at radius 3 is 2.25 bits per heavy atom. The zero-order valence-electron chi connectivity index (χ0n) is 20.2. The maximum absolute atomic E-state index is 13.5. The van der Waals surface area contributed by atoms with Gasteiger partial charge in [-0.05, 0) is 67.6 Å². The molecule has 0 aromatic heterocycles. The zero-order chi connectivity index (χ0) is 26.3. The third-order valence-corrected chi connectivity index (χ3v) is 7.20. The first-order valence-corrected chi connectivity index (χ1v) is 12.5. The summed E-state index contributed by atoms with van der Waals surface area (Å²) in [5.74, 6) is 0.917. The molecule has 3 aromatic carbocycles. The number of sulfonamides is 1. The Balaban J connectivity index is 1.87. The van der Waals surface area contributed by atoms with Crippen LogP contribution in [-0.2, 0) is 14.8 Å². The van der Waals surface area contributed by atoms with Crippen molar-refractivity contribution >= 4 is 38.9 Å². The van der Waals surface area contributed by atoms with Gasteiger partial charge < -0.3 is 14.2 Å². The molecule has 1 N–H and O–H groups in total. The number of nitrogens with zero attached hydrogens (tertiary/aromatic N) is 2. The molecule has 3 aromatic rings. The molecule has 3 rings (SSSR count). The van der Waals surface area contributed by atoms with Crippen LogP contribution in [0.3, 0.4) is 0 Å². The molecule has 0 aliphatic carbocycles. The highest BCUT2D eigenvalue weighted by Gasteiger charge is 2.27. The predicted octanol–water partition coefficient (Wildman–Crippen LogP) is 4.10. The van der Waals surface area contributed by atoms with E-state index in [1.54, 1.807) is 43.3 Å². The highest BCUT2D eigenvalue weighted by atomic mass is 35.5. The van der Waals surface area contributed by atoms with E-state index in [-0.39, 0.29) is 10.6 Å². The molecule has 11 heteroatoms. The van der Waals surface area contributed by atoms with Crippen molar-refractivity contribution < 1.29 is 27.4 Å². The molecule has 0 saturated carbocycles. The van der Waals surface area contributed by atoms with E-state index in [1.165, 1.54) is 51.7 Å². The fourth-order valence-electron chi connectivity index (χ4n) is 3.26. The molecule has 0 radical (unpaired) electrons. The minimum atomic E-state index is -4.12. The highest BCUT2D eigenvalue weighted by Crippen LogP contribution is 2.28. The van der Waals surface area contributed by atoms with E-state index in [2.05, 4.69) is 10.5 Å². The van der Waals surface area contributed by atoms with Gasteiger partial charge >= 0.3 is 0 Å². The summed E-state index contributed by atoms with van der Waals surface area (Å²) in [6.45, 7) is 1.17. The molecular formula is C25H26ClN3O6S. The van der Waals surface area contributed by atoms with Crippen molar-refractivity contribution in [3.05, 3.63) is 77.3 Å². The summed E-state index contributed by atoms with van der Waals surface area (Å²) in [6, 6.07) is 17.3. The van der Waals surface area contributed by atoms with Crippen LogP contribution in [-0.4, -0.2) is 47.9 Å². The van der Waals surface area contributed by atoms with E-state index < -0.39 is 22.5 Å². The number of ether oxygens (including phenoxy) is 3. The maximum Gasteiger partial charge on any atom is 0.264 e. The standard InChI is InChI=1S/C25H26ClN3O6S/c1-17(18-8-13-23(34-3)24(14-18)35-4)27-28-25(30)16-29(20-7-5-6-19(26)15-20)36(31,32)22-11-9-21(33-2)10-12-22/h5-15H,16H2,1-4H3,(H,28,30)/b27-17-. The summed E-state index contributed by atoms with van der Waals surface area (Å²) in [5.41, 5.74) is 3.82. The van der Waals surface area contributed by atoms with Crippen molar-refractivity contribution in [1.82, 2.24) is 5.43 Å². The van der Waals surface area contributed by atoms with Crippen molar-refractivity contribution in [3.8, 4) is 17.2 Å². The monoisotopic (exact) mass is 531 g/mol. The van der Waals surface area contributed by atoms with Gasteiger partial charge in [-0.3, -0.25) is 9.10 Å². The number of hydrogen-bond donors (Lipinski definition) is 1. The summed E-state index contributed by atoms with van der Waals surface area (Å²) >= 11 is 6.10. The Morgan fingerprint density at radius 2 is 1.64 bits per heavy atom. The third-order valence-electron chi connectivity index (χ3n) is 5.18. The first-order chi connectivity index (χ1) is 17.2. The van der Waals surface area contributed by atoms with Gasteiger partial charge in [-0.1, -0.05) is 17.7 Å². The number of carbonyl (C=O) groups excluding carboxylic acids is 1. The lowest BCUT2D eigenvalue weighted by molar-refractivity contribution is -0.119. The summed E-state index contributed by atoms with van der Waals surface area (Å²) in [7, 11) is 0.413. The fourth-order valence-corrected chi connectivity index (χ4v) is 4.86. The summed E-state index contributed by atoms with van der Waals surface area (Å²) < 4.78 is 43.5. The molecular weight excluding hydrogens is 506 g/mol. The molecule has 1 amide bonds. The number of hydrogen-bond acceptors (Lipinski definition) is 7. The van der Waals surface area contributed by atoms with Crippen molar-refractivity contribution in [1.29, 1.82) is 0 Å². The number of anilines is 1. The summed E-state index contributed by atoms with van der Waals surface area (Å²) in [6.07, 6.45) is 0. The van der Waals surface area contributed by atoms with Gasteiger partial charge in [0.05, 0.1) is 37.6 Å². The van der Waals surface area contributed by atoms with Crippen LogP contribution < -0.4 is 23.9 Å². The van der Waals surface area contributed by atoms with Crippen molar-refractivity contribution in [2.24, 2.45) is 5.10 Å². The van der Waals surface area contributed by atoms with Crippen molar-refractivity contribution in [2.45, 2.75) is 11.8 Å². The molecule has 0 saturated heterocycles. The SMILES string of the molecule is COc1ccc(S(=O)(=O)N(CC(=O)N/N=C(/C)c2ccc(OC)c(OC)c2)c2cccc(Cl)c2)cc1. The molecule has 0 spiro atoms. The number of hydrazone groups is 1. The minimum absolute atomic E-state index is 0.0129. The number of halogens is 1. The molecule has 0 aliphatic rings. The van der Waals surface area contributed by atoms with Gasteiger partial charge in [-0.15, -0.1) is 0 Å². The zero-order valence-corrected chi connectivity index (χ0v) is 21.8. The van der Waals surface area contributed by atoms with Gasteiger partial charge in [-0.25, -0.2) is 13.8 Å². The van der Waals surface area contributed by atoms with Crippen LogP contribution in [0, 0.1) is 0 Å². The van der Waals surface area contributed by atoms with Crippen LogP contribution in [0.15, 0.2) is 76.7 Å². The Kier molecular flexibility index (Phi) is 8.78. The van der Waals surface area contributed by atoms with Gasteiger partial charge in [0.15, 0.2) is 11.5 Å². The number of rotatable bonds is 10. The number of nitrogens with one attached hydrogen (secondary N) is 1. The Bertz CT molecular complexity index is 1360. The van der Waals surface area contributed by atoms with E-state index in [1.807, 2.05) is 0 Å². The van der Waals surface area contributed by atoms with Gasteiger partial charge in [0.25, 0.3) is 15.9 Å². The largest absolute Gasteiger partial charge is 0.497 e. The van der Waals surface area contributed by atoms with Crippen LogP contribution in [0.5, 0.6) is 17.2 Å². The molecule has 0 bridgehead atoms. The smallest absolute Gasteiger partial charge is 0.264 e. The van der Waals surface area contributed by atoms with E-state index in [0.29, 0.717) is 33.5 Å². The lowest BCUT2D eigenvalue weighted by atomic mass is 10.1. The lowest BCUT2D eigenvalue weighted by Gasteiger charge is -2.24. The molecule has 0 fully saturated rings. The first kappa shape index (κ1) is 26.8. The maximum atomic E-state index is 13.5.